The van der Waals surface area contributed by atoms with E-state index in [4.69, 9.17) is 4.42 Å². The van der Waals surface area contributed by atoms with Crippen LogP contribution in [-0.2, 0) is 0 Å². The SMILES string of the molecule is c1ccc(N(c2ccccc2)c2ccc(-c3cc(-c4ccc(-n5c6ccccc6c6ccccc65)cc4)c4oc5ccccc5c4c3)cc2)cc1. The Morgan fingerprint density at radius 2 is 0.882 bits per heavy atom. The number of rotatable bonds is 6. The number of aromatic nitrogens is 1. The third-order valence-electron chi connectivity index (χ3n) is 9.98. The highest BCUT2D eigenvalue weighted by molar-refractivity contribution is 6.12. The fraction of sp³-hybridized carbons (Fsp3) is 0. The van der Waals surface area contributed by atoms with E-state index >= 15 is 0 Å². The fourth-order valence-corrected chi connectivity index (χ4v) is 7.60. The van der Waals surface area contributed by atoms with Crippen molar-refractivity contribution in [2.24, 2.45) is 0 Å². The lowest BCUT2D eigenvalue weighted by Gasteiger charge is -2.25. The molecule has 240 valence electrons. The van der Waals surface area contributed by atoms with Crippen LogP contribution in [0.15, 0.2) is 199 Å². The number of nitrogens with zero attached hydrogens (tertiary/aromatic N) is 2. The molecule has 0 fully saturated rings. The summed E-state index contributed by atoms with van der Waals surface area (Å²) in [5, 5.41) is 4.75. The van der Waals surface area contributed by atoms with Crippen LogP contribution in [0.3, 0.4) is 0 Å². The maximum Gasteiger partial charge on any atom is 0.143 e. The zero-order valence-electron chi connectivity index (χ0n) is 27.8. The van der Waals surface area contributed by atoms with E-state index in [1.54, 1.807) is 0 Å². The molecule has 0 radical (unpaired) electrons. The second kappa shape index (κ2) is 11.9. The van der Waals surface area contributed by atoms with E-state index < -0.39 is 0 Å². The molecule has 0 aliphatic carbocycles. The lowest BCUT2D eigenvalue weighted by Crippen LogP contribution is -2.09. The Hall–Kier alpha value is -6.84. The van der Waals surface area contributed by atoms with Crippen LogP contribution in [0.2, 0.25) is 0 Å². The summed E-state index contributed by atoms with van der Waals surface area (Å²) >= 11 is 0. The minimum atomic E-state index is 0.893. The van der Waals surface area contributed by atoms with Crippen molar-refractivity contribution in [2.75, 3.05) is 4.90 Å². The van der Waals surface area contributed by atoms with Crippen LogP contribution in [0.5, 0.6) is 0 Å². The monoisotopic (exact) mass is 652 g/mol. The lowest BCUT2D eigenvalue weighted by molar-refractivity contribution is 0.670. The first-order valence-corrected chi connectivity index (χ1v) is 17.4. The Labute approximate surface area is 295 Å². The first-order valence-electron chi connectivity index (χ1n) is 17.4. The first-order chi connectivity index (χ1) is 25.3. The van der Waals surface area contributed by atoms with Gasteiger partial charge in [-0.2, -0.15) is 0 Å². The van der Waals surface area contributed by atoms with Crippen LogP contribution >= 0.6 is 0 Å². The summed E-state index contributed by atoms with van der Waals surface area (Å²) in [6, 6.07) is 69.0. The van der Waals surface area contributed by atoms with E-state index in [1.807, 2.05) is 6.07 Å². The maximum atomic E-state index is 6.58. The zero-order valence-corrected chi connectivity index (χ0v) is 27.8. The van der Waals surface area contributed by atoms with E-state index in [9.17, 15) is 0 Å². The van der Waals surface area contributed by atoms with Gasteiger partial charge in [0.25, 0.3) is 0 Å². The van der Waals surface area contributed by atoms with Gasteiger partial charge in [0, 0.05) is 49.9 Å². The normalized spacial score (nSPS) is 11.5. The van der Waals surface area contributed by atoms with Gasteiger partial charge in [-0.25, -0.2) is 0 Å². The smallest absolute Gasteiger partial charge is 0.143 e. The molecule has 0 spiro atoms. The van der Waals surface area contributed by atoms with Gasteiger partial charge in [-0.05, 0) is 95.6 Å². The molecular formula is C48H32N2O. The van der Waals surface area contributed by atoms with Crippen molar-refractivity contribution in [3.05, 3.63) is 194 Å². The molecule has 0 saturated carbocycles. The summed E-state index contributed by atoms with van der Waals surface area (Å²) < 4.78 is 8.94. The Bertz CT molecular complexity index is 2740. The zero-order chi connectivity index (χ0) is 33.7. The minimum absolute atomic E-state index is 0.893. The highest BCUT2D eigenvalue weighted by atomic mass is 16.3. The molecule has 0 atom stereocenters. The van der Waals surface area contributed by atoms with Crippen molar-refractivity contribution >= 4 is 60.8 Å². The van der Waals surface area contributed by atoms with E-state index in [2.05, 4.69) is 198 Å². The number of hydrogen-bond acceptors (Lipinski definition) is 2. The molecule has 2 heterocycles. The summed E-state index contributed by atoms with van der Waals surface area (Å²) in [5.41, 5.74) is 13.2. The summed E-state index contributed by atoms with van der Waals surface area (Å²) in [4.78, 5) is 2.29. The largest absolute Gasteiger partial charge is 0.455 e. The summed E-state index contributed by atoms with van der Waals surface area (Å²) in [6.07, 6.45) is 0. The standard InChI is InChI=1S/C48H32N2O/c1-3-13-36(14-4-1)49(37-15-5-2-6-16-37)38-27-23-33(24-28-38)35-31-43(48-44(32-35)42-19-9-12-22-47(42)51-48)34-25-29-39(30-26-34)50-45-20-10-7-17-40(45)41-18-8-11-21-46(41)50/h1-32H. The first kappa shape index (κ1) is 29.1. The van der Waals surface area contributed by atoms with Gasteiger partial charge in [-0.15, -0.1) is 0 Å². The Morgan fingerprint density at radius 3 is 1.51 bits per heavy atom. The molecule has 0 amide bonds. The van der Waals surface area contributed by atoms with Gasteiger partial charge in [0.2, 0.25) is 0 Å². The van der Waals surface area contributed by atoms with Gasteiger partial charge in [0.1, 0.15) is 11.2 Å². The second-order valence-electron chi connectivity index (χ2n) is 13.0. The number of benzene rings is 8. The molecule has 0 unspecified atom stereocenters. The number of furan rings is 1. The molecule has 0 bridgehead atoms. The molecule has 2 aromatic heterocycles. The van der Waals surface area contributed by atoms with Gasteiger partial charge in [0.05, 0.1) is 11.0 Å². The molecule has 8 aromatic carbocycles. The summed E-state index contributed by atoms with van der Waals surface area (Å²) in [7, 11) is 0. The summed E-state index contributed by atoms with van der Waals surface area (Å²) in [6.45, 7) is 0. The Morgan fingerprint density at radius 1 is 0.373 bits per heavy atom. The number of fused-ring (bicyclic) bond motifs is 6. The third kappa shape index (κ3) is 4.90. The molecule has 0 N–H and O–H groups in total. The highest BCUT2D eigenvalue weighted by Gasteiger charge is 2.17. The molecule has 0 aliphatic heterocycles. The third-order valence-corrected chi connectivity index (χ3v) is 9.98. The van der Waals surface area contributed by atoms with Crippen LogP contribution in [-0.4, -0.2) is 4.57 Å². The number of para-hydroxylation sites is 5. The molecule has 3 heteroatoms. The van der Waals surface area contributed by atoms with Gasteiger partial charge in [-0.3, -0.25) is 0 Å². The molecule has 3 nitrogen and oxygen atoms in total. The van der Waals surface area contributed by atoms with Crippen molar-refractivity contribution in [3.8, 4) is 27.9 Å². The van der Waals surface area contributed by atoms with Gasteiger partial charge < -0.3 is 13.9 Å². The van der Waals surface area contributed by atoms with Gasteiger partial charge >= 0.3 is 0 Å². The van der Waals surface area contributed by atoms with Crippen LogP contribution in [0, 0.1) is 0 Å². The van der Waals surface area contributed by atoms with Crippen molar-refractivity contribution in [3.63, 3.8) is 0 Å². The Kier molecular flexibility index (Phi) is 6.81. The lowest BCUT2D eigenvalue weighted by atomic mass is 9.95. The quantitative estimate of drug-likeness (QED) is 0.178. The molecule has 51 heavy (non-hydrogen) atoms. The Balaban J connectivity index is 1.09. The second-order valence-corrected chi connectivity index (χ2v) is 13.0. The highest BCUT2D eigenvalue weighted by Crippen LogP contribution is 2.41. The van der Waals surface area contributed by atoms with Crippen LogP contribution < -0.4 is 4.90 Å². The fourth-order valence-electron chi connectivity index (χ4n) is 7.60. The molecule has 0 aliphatic rings. The molecule has 0 saturated heterocycles. The predicted molar refractivity (Wildman–Crippen MR) is 214 cm³/mol. The van der Waals surface area contributed by atoms with E-state index in [0.29, 0.717) is 0 Å². The topological polar surface area (TPSA) is 21.3 Å². The van der Waals surface area contributed by atoms with Crippen molar-refractivity contribution in [1.82, 2.24) is 4.57 Å². The van der Waals surface area contributed by atoms with E-state index in [-0.39, 0.29) is 0 Å². The average molecular weight is 653 g/mol. The van der Waals surface area contributed by atoms with Gasteiger partial charge in [0.15, 0.2) is 0 Å². The molecular weight excluding hydrogens is 621 g/mol. The van der Waals surface area contributed by atoms with Crippen LogP contribution in [0.4, 0.5) is 17.1 Å². The van der Waals surface area contributed by atoms with Crippen LogP contribution in [0.25, 0.3) is 71.7 Å². The van der Waals surface area contributed by atoms with Crippen LogP contribution in [0.1, 0.15) is 0 Å². The molecule has 10 rings (SSSR count). The maximum absolute atomic E-state index is 6.58. The molecule has 10 aromatic rings. The van der Waals surface area contributed by atoms with Crippen molar-refractivity contribution < 1.29 is 4.42 Å². The number of hydrogen-bond donors (Lipinski definition) is 0. The van der Waals surface area contributed by atoms with E-state index in [0.717, 1.165) is 66.9 Å². The predicted octanol–water partition coefficient (Wildman–Crippen LogP) is 13.5. The van der Waals surface area contributed by atoms with Gasteiger partial charge in [-0.1, -0.05) is 115 Å². The number of anilines is 3. The van der Waals surface area contributed by atoms with Crippen molar-refractivity contribution in [2.45, 2.75) is 0 Å². The van der Waals surface area contributed by atoms with E-state index in [1.165, 1.54) is 21.8 Å². The average Bonchev–Trinajstić information content (AvgIpc) is 3.75. The minimum Gasteiger partial charge on any atom is -0.455 e. The van der Waals surface area contributed by atoms with Crippen molar-refractivity contribution in [1.29, 1.82) is 0 Å². The summed E-state index contributed by atoms with van der Waals surface area (Å²) in [5.74, 6) is 0.